The standard InChI is InChI=1S/C11H9ClIN7/c12-7-3-5(13)1-2-8(7)16-9-6-4-15-20-10(6)18-11(17-9)19-14/h1-4H,14H2,(H3,15,16,17,18,19,20). The minimum atomic E-state index is 0.283. The summed E-state index contributed by atoms with van der Waals surface area (Å²) in [5.41, 5.74) is 3.74. The molecule has 20 heavy (non-hydrogen) atoms. The molecule has 0 aliphatic carbocycles. The minimum Gasteiger partial charge on any atom is -0.338 e. The fraction of sp³-hybridized carbons (Fsp3) is 0. The molecule has 3 rings (SSSR count). The highest BCUT2D eigenvalue weighted by Crippen LogP contribution is 2.29. The zero-order chi connectivity index (χ0) is 14.1. The molecular formula is C11H9ClIN7. The number of nitrogens with two attached hydrogens (primary N) is 1. The number of rotatable bonds is 3. The Morgan fingerprint density at radius 3 is 2.90 bits per heavy atom. The lowest BCUT2D eigenvalue weighted by molar-refractivity contribution is 1.08. The van der Waals surface area contributed by atoms with Crippen molar-refractivity contribution >= 4 is 62.7 Å². The summed E-state index contributed by atoms with van der Waals surface area (Å²) in [5.74, 6) is 6.21. The molecule has 1 aromatic carbocycles. The number of nitrogen functional groups attached to an aromatic ring is 1. The number of hydrogen-bond donors (Lipinski definition) is 4. The van der Waals surface area contributed by atoms with Crippen LogP contribution in [0.5, 0.6) is 0 Å². The lowest BCUT2D eigenvalue weighted by atomic mass is 10.3. The Labute approximate surface area is 132 Å². The number of hydrogen-bond acceptors (Lipinski definition) is 6. The number of nitrogens with one attached hydrogen (secondary N) is 3. The third kappa shape index (κ3) is 2.49. The second kappa shape index (κ2) is 5.38. The van der Waals surface area contributed by atoms with E-state index >= 15 is 0 Å². The molecule has 0 spiro atoms. The van der Waals surface area contributed by atoms with Gasteiger partial charge in [0.25, 0.3) is 0 Å². The van der Waals surface area contributed by atoms with Crippen LogP contribution in [0.15, 0.2) is 24.4 Å². The van der Waals surface area contributed by atoms with Gasteiger partial charge in [-0.05, 0) is 40.8 Å². The molecule has 3 aromatic rings. The van der Waals surface area contributed by atoms with E-state index < -0.39 is 0 Å². The Morgan fingerprint density at radius 2 is 2.15 bits per heavy atom. The Bertz CT molecular complexity index is 773. The second-order valence-corrected chi connectivity index (χ2v) is 5.57. The van der Waals surface area contributed by atoms with E-state index in [1.165, 1.54) is 0 Å². The second-order valence-electron chi connectivity index (χ2n) is 3.92. The average molecular weight is 402 g/mol. The average Bonchev–Trinajstić information content (AvgIpc) is 2.90. The topological polar surface area (TPSA) is 105 Å². The summed E-state index contributed by atoms with van der Waals surface area (Å²) in [6, 6.07) is 5.69. The Kier molecular flexibility index (Phi) is 3.59. The first kappa shape index (κ1) is 13.3. The molecule has 2 aromatic heterocycles. The van der Waals surface area contributed by atoms with Crippen LogP contribution in [0.1, 0.15) is 0 Å². The molecule has 0 unspecified atom stereocenters. The van der Waals surface area contributed by atoms with Crippen molar-refractivity contribution in [1.82, 2.24) is 20.2 Å². The normalized spacial score (nSPS) is 10.8. The first-order valence-electron chi connectivity index (χ1n) is 5.57. The van der Waals surface area contributed by atoms with Crippen LogP contribution in [0.2, 0.25) is 5.02 Å². The van der Waals surface area contributed by atoms with Crippen LogP contribution in [-0.4, -0.2) is 20.2 Å². The van der Waals surface area contributed by atoms with Crippen molar-refractivity contribution in [3.8, 4) is 0 Å². The number of nitrogens with zero attached hydrogens (tertiary/aromatic N) is 3. The monoisotopic (exact) mass is 401 g/mol. The van der Waals surface area contributed by atoms with Crippen LogP contribution >= 0.6 is 34.2 Å². The predicted octanol–water partition coefficient (Wildman–Crippen LogP) is 2.64. The molecule has 0 fully saturated rings. The fourth-order valence-corrected chi connectivity index (χ4v) is 2.62. The van der Waals surface area contributed by atoms with Crippen molar-refractivity contribution in [2.24, 2.45) is 5.84 Å². The van der Waals surface area contributed by atoms with E-state index in [4.69, 9.17) is 17.4 Å². The zero-order valence-electron chi connectivity index (χ0n) is 9.98. The van der Waals surface area contributed by atoms with Gasteiger partial charge >= 0.3 is 0 Å². The Balaban J connectivity index is 2.07. The lowest BCUT2D eigenvalue weighted by Crippen LogP contribution is -2.11. The summed E-state index contributed by atoms with van der Waals surface area (Å²) in [6.45, 7) is 0. The molecule has 0 amide bonds. The van der Waals surface area contributed by atoms with Crippen molar-refractivity contribution in [3.05, 3.63) is 33.0 Å². The van der Waals surface area contributed by atoms with Gasteiger partial charge in [0.05, 0.1) is 22.3 Å². The highest BCUT2D eigenvalue weighted by molar-refractivity contribution is 14.1. The third-order valence-electron chi connectivity index (χ3n) is 2.62. The maximum Gasteiger partial charge on any atom is 0.241 e. The fourth-order valence-electron chi connectivity index (χ4n) is 1.71. The number of H-pyrrole nitrogens is 1. The van der Waals surface area contributed by atoms with E-state index in [9.17, 15) is 0 Å². The summed E-state index contributed by atoms with van der Waals surface area (Å²) >= 11 is 8.40. The third-order valence-corrected chi connectivity index (χ3v) is 3.61. The predicted molar refractivity (Wildman–Crippen MR) is 86.9 cm³/mol. The van der Waals surface area contributed by atoms with E-state index in [2.05, 4.69) is 53.5 Å². The van der Waals surface area contributed by atoms with E-state index in [1.807, 2.05) is 18.2 Å². The summed E-state index contributed by atoms with van der Waals surface area (Å²) in [6.07, 6.45) is 1.64. The van der Waals surface area contributed by atoms with Gasteiger partial charge in [0, 0.05) is 3.57 Å². The van der Waals surface area contributed by atoms with Crippen LogP contribution in [0, 0.1) is 3.57 Å². The molecule has 7 nitrogen and oxygen atoms in total. The van der Waals surface area contributed by atoms with Gasteiger partial charge in [-0.25, -0.2) is 5.84 Å². The van der Waals surface area contributed by atoms with Gasteiger partial charge in [-0.15, -0.1) is 0 Å². The zero-order valence-corrected chi connectivity index (χ0v) is 12.9. The molecule has 0 saturated carbocycles. The van der Waals surface area contributed by atoms with Gasteiger partial charge in [-0.2, -0.15) is 15.1 Å². The van der Waals surface area contributed by atoms with E-state index in [-0.39, 0.29) is 5.95 Å². The van der Waals surface area contributed by atoms with E-state index in [1.54, 1.807) is 6.20 Å². The summed E-state index contributed by atoms with van der Waals surface area (Å²) in [7, 11) is 0. The lowest BCUT2D eigenvalue weighted by Gasteiger charge is -2.09. The van der Waals surface area contributed by atoms with Crippen LogP contribution in [-0.2, 0) is 0 Å². The summed E-state index contributed by atoms with van der Waals surface area (Å²) in [5, 5.41) is 11.2. The number of anilines is 3. The van der Waals surface area contributed by atoms with Crippen molar-refractivity contribution in [2.75, 3.05) is 10.7 Å². The maximum absolute atomic E-state index is 6.20. The largest absolute Gasteiger partial charge is 0.338 e. The molecule has 9 heteroatoms. The Morgan fingerprint density at radius 1 is 1.30 bits per heavy atom. The molecule has 2 heterocycles. The van der Waals surface area contributed by atoms with Crippen molar-refractivity contribution in [2.45, 2.75) is 0 Å². The first-order valence-corrected chi connectivity index (χ1v) is 7.03. The highest BCUT2D eigenvalue weighted by atomic mass is 127. The van der Waals surface area contributed by atoms with Crippen molar-refractivity contribution < 1.29 is 0 Å². The molecule has 5 N–H and O–H groups in total. The van der Waals surface area contributed by atoms with E-state index in [0.29, 0.717) is 16.5 Å². The SMILES string of the molecule is NNc1nc(Nc2ccc(I)cc2Cl)c2cn[nH]c2n1. The number of aromatic nitrogens is 4. The molecular weight excluding hydrogens is 393 g/mol. The molecule has 0 aliphatic heterocycles. The van der Waals surface area contributed by atoms with Crippen LogP contribution < -0.4 is 16.6 Å². The number of fused-ring (bicyclic) bond motifs is 1. The Hall–Kier alpha value is -1.65. The summed E-state index contributed by atoms with van der Waals surface area (Å²) in [4.78, 5) is 8.42. The minimum absolute atomic E-state index is 0.283. The molecule has 0 bridgehead atoms. The van der Waals surface area contributed by atoms with Crippen LogP contribution in [0.3, 0.4) is 0 Å². The molecule has 0 atom stereocenters. The van der Waals surface area contributed by atoms with Gasteiger partial charge in [-0.1, -0.05) is 11.6 Å². The number of hydrazine groups is 1. The van der Waals surface area contributed by atoms with Gasteiger partial charge in [-0.3, -0.25) is 10.5 Å². The van der Waals surface area contributed by atoms with Gasteiger partial charge in [0.15, 0.2) is 5.65 Å². The quantitative estimate of drug-likeness (QED) is 0.305. The maximum atomic E-state index is 6.20. The molecule has 102 valence electrons. The molecule has 0 saturated heterocycles. The number of halogens is 2. The first-order chi connectivity index (χ1) is 9.67. The van der Waals surface area contributed by atoms with Crippen molar-refractivity contribution in [3.63, 3.8) is 0 Å². The van der Waals surface area contributed by atoms with Crippen LogP contribution in [0.4, 0.5) is 17.5 Å². The number of benzene rings is 1. The van der Waals surface area contributed by atoms with Crippen LogP contribution in [0.25, 0.3) is 11.0 Å². The summed E-state index contributed by atoms with van der Waals surface area (Å²) < 4.78 is 1.05. The van der Waals surface area contributed by atoms with Gasteiger partial charge < -0.3 is 5.32 Å². The smallest absolute Gasteiger partial charge is 0.241 e. The van der Waals surface area contributed by atoms with Gasteiger partial charge in [0.2, 0.25) is 5.95 Å². The number of aromatic amines is 1. The van der Waals surface area contributed by atoms with Gasteiger partial charge in [0.1, 0.15) is 5.82 Å². The van der Waals surface area contributed by atoms with Crippen molar-refractivity contribution in [1.29, 1.82) is 0 Å². The highest BCUT2D eigenvalue weighted by Gasteiger charge is 2.10. The van der Waals surface area contributed by atoms with E-state index in [0.717, 1.165) is 14.6 Å². The molecule has 0 radical (unpaired) electrons. The molecule has 0 aliphatic rings.